The van der Waals surface area contributed by atoms with Crippen molar-refractivity contribution >= 4 is 16.0 Å². The Hall–Kier alpha value is -1.60. The van der Waals surface area contributed by atoms with Crippen LogP contribution in [0.3, 0.4) is 0 Å². The van der Waals surface area contributed by atoms with Gasteiger partial charge in [-0.2, -0.15) is 8.42 Å². The van der Waals surface area contributed by atoms with Crippen molar-refractivity contribution in [3.63, 3.8) is 0 Å². The third-order valence-corrected chi connectivity index (χ3v) is 2.70. The number of ether oxygens (including phenoxy) is 1. The van der Waals surface area contributed by atoms with E-state index in [9.17, 15) is 13.2 Å². The first-order chi connectivity index (χ1) is 7.93. The topological polar surface area (TPSA) is 92.7 Å². The first-order valence-electron chi connectivity index (χ1n) is 4.90. The maximum Gasteiger partial charge on any atom is 0.294 e. The van der Waals surface area contributed by atoms with Gasteiger partial charge < -0.3 is 10.1 Å². The van der Waals surface area contributed by atoms with Crippen LogP contribution in [0.4, 0.5) is 0 Å². The predicted octanol–water partition coefficient (Wildman–Crippen LogP) is 0.448. The lowest BCUT2D eigenvalue weighted by molar-refractivity contribution is -0.122. The van der Waals surface area contributed by atoms with E-state index in [1.54, 1.807) is 6.92 Å². The van der Waals surface area contributed by atoms with Crippen LogP contribution in [-0.2, 0) is 14.9 Å². The zero-order valence-corrected chi connectivity index (χ0v) is 10.0. The molecule has 0 aliphatic heterocycles. The second-order valence-electron chi connectivity index (χ2n) is 3.19. The van der Waals surface area contributed by atoms with E-state index in [1.165, 1.54) is 18.2 Å². The summed E-state index contributed by atoms with van der Waals surface area (Å²) in [6, 6.07) is 5.28. The monoisotopic (exact) mass is 259 g/mol. The quantitative estimate of drug-likeness (QED) is 0.749. The molecule has 0 fully saturated rings. The molecular weight excluding hydrogens is 246 g/mol. The van der Waals surface area contributed by atoms with Gasteiger partial charge in [-0.05, 0) is 19.1 Å². The number of hydrogen-bond donors (Lipinski definition) is 2. The highest BCUT2D eigenvalue weighted by Gasteiger charge is 2.10. The normalized spacial score (nSPS) is 10.9. The summed E-state index contributed by atoms with van der Waals surface area (Å²) in [5.74, 6) is -0.101. The Morgan fingerprint density at radius 3 is 2.76 bits per heavy atom. The van der Waals surface area contributed by atoms with Gasteiger partial charge in [-0.1, -0.05) is 6.07 Å². The van der Waals surface area contributed by atoms with Crippen molar-refractivity contribution in [1.82, 2.24) is 5.32 Å². The number of benzene rings is 1. The van der Waals surface area contributed by atoms with E-state index >= 15 is 0 Å². The molecule has 7 heteroatoms. The van der Waals surface area contributed by atoms with Gasteiger partial charge in [0.05, 0.1) is 4.90 Å². The van der Waals surface area contributed by atoms with E-state index in [0.717, 1.165) is 6.07 Å². The van der Waals surface area contributed by atoms with Gasteiger partial charge >= 0.3 is 0 Å². The minimum atomic E-state index is -4.25. The van der Waals surface area contributed by atoms with Crippen molar-refractivity contribution in [3.05, 3.63) is 24.3 Å². The fourth-order valence-electron chi connectivity index (χ4n) is 1.12. The van der Waals surface area contributed by atoms with Gasteiger partial charge in [-0.15, -0.1) is 0 Å². The standard InChI is InChI=1S/C10H13NO5S/c1-2-11-10(12)7-16-8-4-3-5-9(6-8)17(13,14)15/h3-6H,2,7H2,1H3,(H,11,12)(H,13,14,15). The molecule has 0 spiro atoms. The van der Waals surface area contributed by atoms with Crippen LogP contribution in [0, 0.1) is 0 Å². The third kappa shape index (κ3) is 4.41. The Labute approximate surface area is 99.3 Å². The summed E-state index contributed by atoms with van der Waals surface area (Å²) in [6.45, 7) is 2.06. The summed E-state index contributed by atoms with van der Waals surface area (Å²) in [5.41, 5.74) is 0. The highest BCUT2D eigenvalue weighted by molar-refractivity contribution is 7.85. The number of carbonyl (C=O) groups is 1. The highest BCUT2D eigenvalue weighted by Crippen LogP contribution is 2.16. The molecule has 0 aromatic heterocycles. The van der Waals surface area contributed by atoms with Gasteiger partial charge in [-0.25, -0.2) is 0 Å². The van der Waals surface area contributed by atoms with Crippen LogP contribution < -0.4 is 10.1 Å². The molecule has 1 rings (SSSR count). The lowest BCUT2D eigenvalue weighted by Crippen LogP contribution is -2.28. The SMILES string of the molecule is CCNC(=O)COc1cccc(S(=O)(=O)O)c1. The molecule has 0 aliphatic rings. The molecule has 0 aliphatic carbocycles. The predicted molar refractivity (Wildman–Crippen MR) is 60.4 cm³/mol. The molecule has 2 N–H and O–H groups in total. The molecule has 17 heavy (non-hydrogen) atoms. The number of likely N-dealkylation sites (N-methyl/N-ethyl adjacent to an activating group) is 1. The molecule has 94 valence electrons. The lowest BCUT2D eigenvalue weighted by atomic mass is 10.3. The van der Waals surface area contributed by atoms with E-state index in [4.69, 9.17) is 9.29 Å². The molecule has 1 aromatic rings. The fourth-order valence-corrected chi connectivity index (χ4v) is 1.64. The van der Waals surface area contributed by atoms with E-state index in [-0.39, 0.29) is 23.2 Å². The average molecular weight is 259 g/mol. The summed E-state index contributed by atoms with van der Waals surface area (Å²) in [7, 11) is -4.25. The molecule has 0 bridgehead atoms. The minimum Gasteiger partial charge on any atom is -0.484 e. The number of nitrogens with one attached hydrogen (secondary N) is 1. The van der Waals surface area contributed by atoms with Gasteiger partial charge in [0, 0.05) is 12.6 Å². The smallest absolute Gasteiger partial charge is 0.294 e. The molecule has 1 aromatic carbocycles. The Kier molecular flexibility index (Phi) is 4.47. The average Bonchev–Trinajstić information content (AvgIpc) is 2.26. The number of rotatable bonds is 5. The second-order valence-corrected chi connectivity index (χ2v) is 4.61. The zero-order valence-electron chi connectivity index (χ0n) is 9.21. The molecule has 0 unspecified atom stereocenters. The minimum absolute atomic E-state index is 0.200. The molecule has 0 saturated heterocycles. The molecule has 1 amide bonds. The van der Waals surface area contributed by atoms with Crippen molar-refractivity contribution in [2.45, 2.75) is 11.8 Å². The number of amides is 1. The van der Waals surface area contributed by atoms with E-state index < -0.39 is 10.1 Å². The number of carbonyl (C=O) groups excluding carboxylic acids is 1. The van der Waals surface area contributed by atoms with Crippen molar-refractivity contribution in [2.24, 2.45) is 0 Å². The zero-order chi connectivity index (χ0) is 12.9. The summed E-state index contributed by atoms with van der Waals surface area (Å²) >= 11 is 0. The van der Waals surface area contributed by atoms with E-state index in [1.807, 2.05) is 0 Å². The number of hydrogen-bond acceptors (Lipinski definition) is 4. The van der Waals surface area contributed by atoms with Crippen LogP contribution in [0.25, 0.3) is 0 Å². The molecule has 6 nitrogen and oxygen atoms in total. The van der Waals surface area contributed by atoms with Crippen LogP contribution in [-0.4, -0.2) is 32.0 Å². The molecular formula is C10H13NO5S. The maximum absolute atomic E-state index is 11.1. The Bertz CT molecular complexity index is 497. The lowest BCUT2D eigenvalue weighted by Gasteiger charge is -2.06. The van der Waals surface area contributed by atoms with Crippen molar-refractivity contribution < 1.29 is 22.5 Å². The maximum atomic E-state index is 11.1. The van der Waals surface area contributed by atoms with Gasteiger partial charge in [0.25, 0.3) is 16.0 Å². The third-order valence-electron chi connectivity index (χ3n) is 1.85. The largest absolute Gasteiger partial charge is 0.484 e. The van der Waals surface area contributed by atoms with Crippen LogP contribution >= 0.6 is 0 Å². The summed E-state index contributed by atoms with van der Waals surface area (Å²) in [4.78, 5) is 10.8. The van der Waals surface area contributed by atoms with Crippen molar-refractivity contribution in [1.29, 1.82) is 0 Å². The van der Waals surface area contributed by atoms with Crippen LogP contribution in [0.2, 0.25) is 0 Å². The molecule has 0 atom stereocenters. The summed E-state index contributed by atoms with van der Waals surface area (Å²) < 4.78 is 35.6. The Morgan fingerprint density at radius 2 is 2.18 bits per heavy atom. The Morgan fingerprint density at radius 1 is 1.47 bits per heavy atom. The van der Waals surface area contributed by atoms with Gasteiger partial charge in [-0.3, -0.25) is 9.35 Å². The first-order valence-corrected chi connectivity index (χ1v) is 6.34. The fraction of sp³-hybridized carbons (Fsp3) is 0.300. The van der Waals surface area contributed by atoms with Gasteiger partial charge in [0.15, 0.2) is 6.61 Å². The second kappa shape index (κ2) is 5.65. The van der Waals surface area contributed by atoms with E-state index in [2.05, 4.69) is 5.32 Å². The van der Waals surface area contributed by atoms with E-state index in [0.29, 0.717) is 6.54 Å². The van der Waals surface area contributed by atoms with Crippen LogP contribution in [0.15, 0.2) is 29.2 Å². The van der Waals surface area contributed by atoms with Gasteiger partial charge in [0.1, 0.15) is 5.75 Å². The van der Waals surface area contributed by atoms with Crippen LogP contribution in [0.5, 0.6) is 5.75 Å². The summed E-state index contributed by atoms with van der Waals surface area (Å²) in [6.07, 6.45) is 0. The van der Waals surface area contributed by atoms with Crippen LogP contribution in [0.1, 0.15) is 6.92 Å². The van der Waals surface area contributed by atoms with Crippen molar-refractivity contribution in [3.8, 4) is 5.75 Å². The van der Waals surface area contributed by atoms with Crippen molar-refractivity contribution in [2.75, 3.05) is 13.2 Å². The summed E-state index contributed by atoms with van der Waals surface area (Å²) in [5, 5.41) is 2.53. The van der Waals surface area contributed by atoms with Gasteiger partial charge in [0.2, 0.25) is 0 Å². The Balaban J connectivity index is 2.70. The highest BCUT2D eigenvalue weighted by atomic mass is 32.2. The molecule has 0 radical (unpaired) electrons. The first kappa shape index (κ1) is 13.5. The molecule has 0 saturated carbocycles. The molecule has 0 heterocycles.